The first-order chi connectivity index (χ1) is 16.6. The predicted octanol–water partition coefficient (Wildman–Crippen LogP) is -0.638. The summed E-state index contributed by atoms with van der Waals surface area (Å²) in [6.45, 7) is 0.711. The normalized spacial score (nSPS) is 16.7. The fraction of sp³-hybridized carbons (Fsp3) is 0.524. The van der Waals surface area contributed by atoms with Crippen molar-refractivity contribution in [3.63, 3.8) is 0 Å². The van der Waals surface area contributed by atoms with E-state index in [1.165, 1.54) is 12.1 Å². The minimum absolute atomic E-state index is 0.0583. The summed E-state index contributed by atoms with van der Waals surface area (Å²) in [7, 11) is -3.91. The van der Waals surface area contributed by atoms with Gasteiger partial charge in [0.25, 0.3) is 0 Å². The van der Waals surface area contributed by atoms with Gasteiger partial charge in [-0.05, 0) is 44.2 Å². The molecule has 35 heavy (non-hydrogen) atoms. The molecule has 0 bridgehead atoms. The molecule has 0 saturated carbocycles. The number of amides is 3. The van der Waals surface area contributed by atoms with Crippen molar-refractivity contribution in [3.05, 3.63) is 30.3 Å². The molecule has 8 N–H and O–H groups in total. The third-order valence-electron chi connectivity index (χ3n) is 5.39. The van der Waals surface area contributed by atoms with E-state index < -0.39 is 40.0 Å². The van der Waals surface area contributed by atoms with Gasteiger partial charge in [-0.1, -0.05) is 18.2 Å². The number of aliphatic carboxylic acids is 1. The second-order valence-electron chi connectivity index (χ2n) is 8.02. The third kappa shape index (κ3) is 8.72. The van der Waals surface area contributed by atoms with Crippen LogP contribution in [-0.4, -0.2) is 80.0 Å². The summed E-state index contributed by atoms with van der Waals surface area (Å²) >= 11 is 0. The van der Waals surface area contributed by atoms with Crippen molar-refractivity contribution in [3.8, 4) is 0 Å². The molecule has 14 heteroatoms. The first-order valence-electron chi connectivity index (χ1n) is 11.3. The molecule has 1 fully saturated rings. The van der Waals surface area contributed by atoms with Crippen LogP contribution in [0.2, 0.25) is 0 Å². The van der Waals surface area contributed by atoms with Crippen molar-refractivity contribution in [1.82, 2.24) is 25.6 Å². The number of rotatable bonds is 13. The number of nitrogens with two attached hydrogens (primary N) is 1. The van der Waals surface area contributed by atoms with E-state index in [0.717, 1.165) is 17.1 Å². The van der Waals surface area contributed by atoms with Gasteiger partial charge in [0.05, 0.1) is 11.4 Å². The topological polar surface area (TPSA) is 207 Å². The Labute approximate surface area is 204 Å². The van der Waals surface area contributed by atoms with Crippen LogP contribution in [0.5, 0.6) is 0 Å². The van der Waals surface area contributed by atoms with Crippen LogP contribution >= 0.6 is 0 Å². The molecular formula is C21H33N7O6S. The number of carbonyl (C=O) groups is 3. The summed E-state index contributed by atoms with van der Waals surface area (Å²) in [6.07, 6.45) is 2.97. The van der Waals surface area contributed by atoms with Gasteiger partial charge in [0, 0.05) is 19.6 Å². The van der Waals surface area contributed by atoms with E-state index in [4.69, 9.17) is 11.1 Å². The Balaban J connectivity index is 1.82. The third-order valence-corrected chi connectivity index (χ3v) is 7.31. The Morgan fingerprint density at radius 1 is 1.09 bits per heavy atom. The predicted molar refractivity (Wildman–Crippen MR) is 128 cm³/mol. The van der Waals surface area contributed by atoms with Gasteiger partial charge in [-0.25, -0.2) is 18.0 Å². The number of carbonyl (C=O) groups excluding carboxylic acids is 2. The van der Waals surface area contributed by atoms with Gasteiger partial charge in [0.15, 0.2) is 5.96 Å². The number of nitrogens with one attached hydrogen (secondary N) is 5. The summed E-state index contributed by atoms with van der Waals surface area (Å²) in [4.78, 5) is 36.4. The molecule has 1 aliphatic rings. The fourth-order valence-electron chi connectivity index (χ4n) is 3.59. The number of unbranched alkanes of at least 4 members (excludes halogenated alkanes) is 2. The summed E-state index contributed by atoms with van der Waals surface area (Å²) < 4.78 is 27.0. The summed E-state index contributed by atoms with van der Waals surface area (Å²) in [5.74, 6) is -2.18. The van der Waals surface area contributed by atoms with Gasteiger partial charge in [-0.15, -0.1) is 0 Å². The smallest absolute Gasteiger partial charge is 0.328 e. The van der Waals surface area contributed by atoms with Gasteiger partial charge in [-0.2, -0.15) is 4.31 Å². The number of sulfonamides is 1. The lowest BCUT2D eigenvalue weighted by Crippen LogP contribution is -2.54. The van der Waals surface area contributed by atoms with Crippen LogP contribution in [0, 0.1) is 5.41 Å². The molecule has 1 heterocycles. The summed E-state index contributed by atoms with van der Waals surface area (Å²) in [5.41, 5.74) is 5.18. The maximum atomic E-state index is 12.9. The lowest BCUT2D eigenvalue weighted by Gasteiger charge is -2.25. The van der Waals surface area contributed by atoms with Crippen LogP contribution in [0.25, 0.3) is 0 Å². The molecule has 1 aromatic carbocycles. The van der Waals surface area contributed by atoms with Crippen molar-refractivity contribution in [2.75, 3.05) is 26.2 Å². The average molecular weight is 512 g/mol. The Kier molecular flexibility index (Phi) is 10.7. The summed E-state index contributed by atoms with van der Waals surface area (Å²) in [6, 6.07) is 4.69. The average Bonchev–Trinajstić information content (AvgIpc) is 3.32. The van der Waals surface area contributed by atoms with Gasteiger partial charge in [0.1, 0.15) is 12.1 Å². The maximum absolute atomic E-state index is 12.9. The van der Waals surface area contributed by atoms with E-state index >= 15 is 0 Å². The van der Waals surface area contributed by atoms with Crippen LogP contribution in [-0.2, 0) is 19.6 Å². The lowest BCUT2D eigenvalue weighted by molar-refractivity contribution is -0.142. The van der Waals surface area contributed by atoms with Crippen LogP contribution in [0.15, 0.2) is 35.2 Å². The number of guanidine groups is 1. The number of carboxylic acid groups (broad SMARTS) is 1. The van der Waals surface area contributed by atoms with E-state index in [-0.39, 0.29) is 30.4 Å². The van der Waals surface area contributed by atoms with Gasteiger partial charge in [0.2, 0.25) is 15.9 Å². The molecule has 0 aliphatic carbocycles. The highest BCUT2D eigenvalue weighted by molar-refractivity contribution is 7.89. The van der Waals surface area contributed by atoms with Crippen molar-refractivity contribution in [1.29, 1.82) is 5.41 Å². The molecule has 1 saturated heterocycles. The highest BCUT2D eigenvalue weighted by Gasteiger charge is 2.40. The second-order valence-corrected chi connectivity index (χ2v) is 9.91. The van der Waals surface area contributed by atoms with Crippen LogP contribution < -0.4 is 27.0 Å². The van der Waals surface area contributed by atoms with Gasteiger partial charge in [-0.3, -0.25) is 10.2 Å². The highest BCUT2D eigenvalue weighted by Crippen LogP contribution is 2.26. The van der Waals surface area contributed by atoms with Crippen LogP contribution in [0.1, 0.15) is 32.1 Å². The Morgan fingerprint density at radius 2 is 1.74 bits per heavy atom. The van der Waals surface area contributed by atoms with E-state index in [1.807, 2.05) is 0 Å². The minimum atomic E-state index is -3.91. The molecule has 194 valence electrons. The number of benzene rings is 1. The van der Waals surface area contributed by atoms with Gasteiger partial charge >= 0.3 is 12.0 Å². The largest absolute Gasteiger partial charge is 0.480 e. The first-order valence-corrected chi connectivity index (χ1v) is 12.8. The minimum Gasteiger partial charge on any atom is -0.480 e. The first kappa shape index (κ1) is 27.9. The Morgan fingerprint density at radius 3 is 2.37 bits per heavy atom. The molecule has 0 spiro atoms. The van der Waals surface area contributed by atoms with Crippen molar-refractivity contribution < 1.29 is 27.9 Å². The number of urea groups is 1. The van der Waals surface area contributed by atoms with E-state index in [9.17, 15) is 27.9 Å². The Bertz CT molecular complexity index is 989. The van der Waals surface area contributed by atoms with Gasteiger partial charge < -0.3 is 32.1 Å². The molecular weight excluding hydrogens is 478 g/mol. The zero-order chi connectivity index (χ0) is 25.8. The SMILES string of the molecule is N=C(N)NCCCCCNC(=O)NC[C@@H](NC(=O)[C@@H]1CCCN1S(=O)(=O)c1ccccc1)C(=O)O. The molecule has 0 radical (unpaired) electrons. The number of carboxylic acids is 1. The second kappa shape index (κ2) is 13.5. The maximum Gasteiger partial charge on any atom is 0.328 e. The van der Waals surface area contributed by atoms with Crippen LogP contribution in [0.3, 0.4) is 0 Å². The summed E-state index contributed by atoms with van der Waals surface area (Å²) in [5, 5.41) is 26.5. The van der Waals surface area contributed by atoms with Crippen LogP contribution in [0.4, 0.5) is 4.79 Å². The van der Waals surface area contributed by atoms with Crippen molar-refractivity contribution in [2.45, 2.75) is 49.1 Å². The molecule has 2 rings (SSSR count). The quantitative estimate of drug-likeness (QED) is 0.103. The molecule has 13 nitrogen and oxygen atoms in total. The number of nitrogens with zero attached hydrogens (tertiary/aromatic N) is 1. The standard InChI is InChI=1S/C21H33N7O6S/c22-20(23)24-11-5-2-6-12-25-21(32)26-14-16(19(30)31)27-18(29)17-10-7-13-28(17)35(33,34)15-8-3-1-4-9-15/h1,3-4,8-9,16-17H,2,5-7,10-14H2,(H,27,29)(H,30,31)(H4,22,23,24)(H2,25,26,32)/t16-,17+/m1/s1. The monoisotopic (exact) mass is 511 g/mol. The molecule has 2 atom stereocenters. The highest BCUT2D eigenvalue weighted by atomic mass is 32.2. The van der Waals surface area contributed by atoms with Crippen molar-refractivity contribution in [2.24, 2.45) is 5.73 Å². The fourth-order valence-corrected chi connectivity index (χ4v) is 5.27. The zero-order valence-corrected chi connectivity index (χ0v) is 20.1. The van der Waals surface area contributed by atoms with E-state index in [2.05, 4.69) is 21.3 Å². The van der Waals surface area contributed by atoms with E-state index in [1.54, 1.807) is 18.2 Å². The lowest BCUT2D eigenvalue weighted by atomic mass is 10.2. The number of hydrogen-bond donors (Lipinski definition) is 7. The molecule has 0 unspecified atom stereocenters. The van der Waals surface area contributed by atoms with E-state index in [0.29, 0.717) is 25.9 Å². The Hall–Kier alpha value is -3.39. The number of hydrogen-bond acceptors (Lipinski definition) is 6. The zero-order valence-electron chi connectivity index (χ0n) is 19.3. The molecule has 0 aromatic heterocycles. The molecule has 3 amide bonds. The molecule has 1 aromatic rings. The van der Waals surface area contributed by atoms with Crippen molar-refractivity contribution >= 4 is 33.9 Å². The molecule has 1 aliphatic heterocycles.